The molecule has 0 N–H and O–H groups in total. The van der Waals surface area contributed by atoms with Gasteiger partial charge in [0.15, 0.2) is 5.78 Å². The number of carbonyl (C=O) groups is 1. The topological polar surface area (TPSA) is 26.3 Å². The third kappa shape index (κ3) is 14.8. The lowest BCUT2D eigenvalue weighted by atomic mass is 9.85. The van der Waals surface area contributed by atoms with Crippen molar-refractivity contribution in [2.45, 2.75) is 131 Å². The van der Waals surface area contributed by atoms with E-state index in [1.807, 2.05) is 32.0 Å². The molecule has 0 bridgehead atoms. The highest BCUT2D eigenvalue weighted by Crippen LogP contribution is 2.30. The van der Waals surface area contributed by atoms with E-state index in [0.717, 1.165) is 31.6 Å². The molecular formula is C28H50O2. The number of hydrogen-bond donors (Lipinski definition) is 0. The van der Waals surface area contributed by atoms with E-state index < -0.39 is 5.60 Å². The van der Waals surface area contributed by atoms with Crippen molar-refractivity contribution in [3.63, 3.8) is 0 Å². The minimum absolute atomic E-state index is 0.116. The molecule has 0 radical (unpaired) electrons. The van der Waals surface area contributed by atoms with Gasteiger partial charge in [0.1, 0.15) is 5.60 Å². The molecule has 1 aromatic rings. The third-order valence-electron chi connectivity index (χ3n) is 5.59. The molecule has 0 aromatic heterocycles. The van der Waals surface area contributed by atoms with Gasteiger partial charge in [-0.3, -0.25) is 4.79 Å². The Hall–Kier alpha value is -1.15. The first kappa shape index (κ1) is 28.9. The number of Topliss-reactive ketones (excluding diaryl/α,β-unsaturated/α-hetero) is 1. The minimum Gasteiger partial charge on any atom is -0.365 e. The van der Waals surface area contributed by atoms with Crippen molar-refractivity contribution >= 4 is 5.78 Å². The Morgan fingerprint density at radius 1 is 0.867 bits per heavy atom. The molecule has 0 amide bonds. The van der Waals surface area contributed by atoms with Crippen LogP contribution in [0.1, 0.15) is 118 Å². The van der Waals surface area contributed by atoms with Gasteiger partial charge in [0, 0.05) is 0 Å². The van der Waals surface area contributed by atoms with Crippen molar-refractivity contribution in [1.29, 1.82) is 0 Å². The van der Waals surface area contributed by atoms with Crippen molar-refractivity contribution in [3.05, 3.63) is 35.9 Å². The summed E-state index contributed by atoms with van der Waals surface area (Å²) in [5.74, 6) is 1.00. The van der Waals surface area contributed by atoms with Crippen LogP contribution < -0.4 is 0 Å². The van der Waals surface area contributed by atoms with E-state index in [1.165, 1.54) is 50.5 Å². The van der Waals surface area contributed by atoms with Crippen molar-refractivity contribution in [2.24, 2.45) is 5.92 Å². The average molecular weight is 419 g/mol. The number of aryl methyl sites for hydroxylation is 1. The number of benzene rings is 1. The van der Waals surface area contributed by atoms with E-state index >= 15 is 0 Å². The molecule has 1 atom stereocenters. The zero-order valence-electron chi connectivity index (χ0n) is 21.1. The quantitative estimate of drug-likeness (QED) is 0.266. The Morgan fingerprint density at radius 2 is 1.40 bits per heavy atom. The van der Waals surface area contributed by atoms with Gasteiger partial charge in [0.05, 0.1) is 6.10 Å². The minimum atomic E-state index is -0.530. The maximum absolute atomic E-state index is 12.4. The van der Waals surface area contributed by atoms with Crippen molar-refractivity contribution in [2.75, 3.05) is 0 Å². The summed E-state index contributed by atoms with van der Waals surface area (Å²) in [6.45, 7) is 14.7. The first-order chi connectivity index (χ1) is 14.2. The molecule has 0 heterocycles. The van der Waals surface area contributed by atoms with Crippen molar-refractivity contribution in [1.82, 2.24) is 0 Å². The Kier molecular flexibility index (Phi) is 16.9. The first-order valence-electron chi connectivity index (χ1n) is 12.4. The van der Waals surface area contributed by atoms with E-state index in [-0.39, 0.29) is 11.9 Å². The van der Waals surface area contributed by atoms with Crippen LogP contribution in [0.4, 0.5) is 0 Å². The number of rotatable bonds is 15. The number of carbonyl (C=O) groups excluding carboxylic acids is 1. The SMILES string of the molecule is CCCCCCCC(CCCCCC(C)C)(OC(C)C)C(C)=O.Cc1ccccc1. The summed E-state index contributed by atoms with van der Waals surface area (Å²) in [7, 11) is 0. The molecule has 30 heavy (non-hydrogen) atoms. The zero-order valence-corrected chi connectivity index (χ0v) is 21.1. The van der Waals surface area contributed by atoms with E-state index in [4.69, 9.17) is 4.74 Å². The predicted octanol–water partition coefficient (Wildman–Crippen LogP) is 8.70. The molecule has 0 spiro atoms. The van der Waals surface area contributed by atoms with Crippen molar-refractivity contribution < 1.29 is 9.53 Å². The van der Waals surface area contributed by atoms with Gasteiger partial charge in [-0.05, 0) is 46.5 Å². The highest BCUT2D eigenvalue weighted by molar-refractivity contribution is 5.84. The molecule has 0 aliphatic rings. The molecular weight excluding hydrogens is 368 g/mol. The van der Waals surface area contributed by atoms with E-state index in [1.54, 1.807) is 6.92 Å². The normalized spacial score (nSPS) is 13.1. The molecule has 0 fully saturated rings. The first-order valence-corrected chi connectivity index (χ1v) is 12.4. The Bertz CT molecular complexity index is 521. The van der Waals surface area contributed by atoms with Crippen LogP contribution in [0, 0.1) is 12.8 Å². The summed E-state index contributed by atoms with van der Waals surface area (Å²) in [5, 5.41) is 0. The van der Waals surface area contributed by atoms with Gasteiger partial charge in [-0.1, -0.05) is 114 Å². The maximum Gasteiger partial charge on any atom is 0.161 e. The van der Waals surface area contributed by atoms with Crippen LogP contribution >= 0.6 is 0 Å². The molecule has 2 heteroatoms. The fourth-order valence-corrected chi connectivity index (χ4v) is 3.82. The smallest absolute Gasteiger partial charge is 0.161 e. The van der Waals surface area contributed by atoms with Crippen LogP contribution in [0.15, 0.2) is 30.3 Å². The lowest BCUT2D eigenvalue weighted by molar-refractivity contribution is -0.152. The summed E-state index contributed by atoms with van der Waals surface area (Å²) in [6, 6.07) is 10.3. The van der Waals surface area contributed by atoms with Crippen LogP contribution in [0.2, 0.25) is 0 Å². The molecule has 1 rings (SSSR count). The Balaban J connectivity index is 0.000001000. The largest absolute Gasteiger partial charge is 0.365 e. The van der Waals surface area contributed by atoms with Crippen LogP contribution in [-0.2, 0) is 9.53 Å². The molecule has 1 unspecified atom stereocenters. The van der Waals surface area contributed by atoms with Gasteiger partial charge in [-0.15, -0.1) is 0 Å². The second-order valence-corrected chi connectivity index (χ2v) is 9.53. The number of hydrogen-bond acceptors (Lipinski definition) is 2. The summed E-state index contributed by atoms with van der Waals surface area (Å²) in [5.41, 5.74) is 0.792. The van der Waals surface area contributed by atoms with Crippen molar-refractivity contribution in [3.8, 4) is 0 Å². The van der Waals surface area contributed by atoms with Gasteiger partial charge in [0.2, 0.25) is 0 Å². The predicted molar refractivity (Wildman–Crippen MR) is 132 cm³/mol. The Labute approximate surface area is 188 Å². The highest BCUT2D eigenvalue weighted by Gasteiger charge is 2.36. The fourth-order valence-electron chi connectivity index (χ4n) is 3.82. The van der Waals surface area contributed by atoms with Gasteiger partial charge in [0.25, 0.3) is 0 Å². The van der Waals surface area contributed by atoms with E-state index in [2.05, 4.69) is 39.8 Å². The zero-order chi connectivity index (χ0) is 22.8. The monoisotopic (exact) mass is 418 g/mol. The summed E-state index contributed by atoms with van der Waals surface area (Å²) < 4.78 is 6.18. The summed E-state index contributed by atoms with van der Waals surface area (Å²) >= 11 is 0. The van der Waals surface area contributed by atoms with Gasteiger partial charge in [-0.25, -0.2) is 0 Å². The highest BCUT2D eigenvalue weighted by atomic mass is 16.5. The van der Waals surface area contributed by atoms with Crippen LogP contribution in [0.25, 0.3) is 0 Å². The standard InChI is InChI=1S/C21H42O2.C7H8/c1-7-8-9-10-13-16-21(20(6)22,23-19(4)5)17-14-11-12-15-18(2)3;1-7-5-3-2-4-6-7/h18-19H,7-17H2,1-6H3;2-6H,1H3. The molecule has 2 nitrogen and oxygen atoms in total. The lowest BCUT2D eigenvalue weighted by Crippen LogP contribution is -2.42. The van der Waals surface area contributed by atoms with Gasteiger partial charge in [-0.2, -0.15) is 0 Å². The molecule has 0 aliphatic heterocycles. The summed E-state index contributed by atoms with van der Waals surface area (Å²) in [6.07, 6.45) is 12.9. The third-order valence-corrected chi connectivity index (χ3v) is 5.59. The maximum atomic E-state index is 12.4. The van der Waals surface area contributed by atoms with Gasteiger partial charge >= 0.3 is 0 Å². The number of ketones is 1. The second-order valence-electron chi connectivity index (χ2n) is 9.53. The molecule has 0 aliphatic carbocycles. The average Bonchev–Trinajstić information content (AvgIpc) is 2.67. The molecule has 0 saturated heterocycles. The van der Waals surface area contributed by atoms with Crippen LogP contribution in [-0.4, -0.2) is 17.5 Å². The number of ether oxygens (including phenoxy) is 1. The summed E-state index contributed by atoms with van der Waals surface area (Å²) in [4.78, 5) is 12.4. The molecule has 174 valence electrons. The Morgan fingerprint density at radius 3 is 1.80 bits per heavy atom. The van der Waals surface area contributed by atoms with E-state index in [9.17, 15) is 4.79 Å². The molecule has 1 aromatic carbocycles. The lowest BCUT2D eigenvalue weighted by Gasteiger charge is -2.34. The second kappa shape index (κ2) is 17.5. The van der Waals surface area contributed by atoms with Crippen LogP contribution in [0.3, 0.4) is 0 Å². The van der Waals surface area contributed by atoms with Gasteiger partial charge < -0.3 is 4.74 Å². The van der Waals surface area contributed by atoms with Crippen LogP contribution in [0.5, 0.6) is 0 Å². The fraction of sp³-hybridized carbons (Fsp3) is 0.750. The van der Waals surface area contributed by atoms with E-state index in [0.29, 0.717) is 0 Å². The molecule has 0 saturated carbocycles. The number of unbranched alkanes of at least 4 members (excludes halogenated alkanes) is 6.